The fourth-order valence-electron chi connectivity index (χ4n) is 3.00. The van der Waals surface area contributed by atoms with E-state index in [1.807, 2.05) is 35.0 Å². The number of hydrazone groups is 1. The third-order valence-corrected chi connectivity index (χ3v) is 4.26. The molecule has 0 saturated carbocycles. The molecular formula is C19H17N5O3S. The Hall–Kier alpha value is -3.59. The number of ether oxygens (including phenoxy) is 2. The lowest BCUT2D eigenvalue weighted by Crippen LogP contribution is -2.23. The van der Waals surface area contributed by atoms with E-state index < -0.39 is 0 Å². The van der Waals surface area contributed by atoms with Gasteiger partial charge in [-0.25, -0.2) is 0 Å². The number of benzene rings is 2. The van der Waals surface area contributed by atoms with Crippen molar-refractivity contribution in [2.24, 2.45) is 10.8 Å². The van der Waals surface area contributed by atoms with E-state index in [4.69, 9.17) is 27.4 Å². The molecule has 142 valence electrons. The number of amides is 1. The van der Waals surface area contributed by atoms with Crippen LogP contribution in [-0.2, 0) is 11.3 Å². The average Bonchev–Trinajstić information content (AvgIpc) is 3.26. The van der Waals surface area contributed by atoms with Gasteiger partial charge >= 0.3 is 0 Å². The molecule has 2 heterocycles. The summed E-state index contributed by atoms with van der Waals surface area (Å²) in [7, 11) is 0. The van der Waals surface area contributed by atoms with Crippen LogP contribution >= 0.6 is 12.2 Å². The second kappa shape index (κ2) is 7.57. The zero-order chi connectivity index (χ0) is 19.5. The predicted molar refractivity (Wildman–Crippen MR) is 111 cm³/mol. The molecule has 28 heavy (non-hydrogen) atoms. The SMILES string of the molecule is NC(=S)N/N=C\c1cn(CC(=O)Nc2ccc3c(c2)OCO3)c2ccccc12. The molecule has 4 N–H and O–H groups in total. The highest BCUT2D eigenvalue weighted by Gasteiger charge is 2.15. The fourth-order valence-corrected chi connectivity index (χ4v) is 3.06. The van der Waals surface area contributed by atoms with Crippen molar-refractivity contribution in [3.8, 4) is 11.5 Å². The first-order chi connectivity index (χ1) is 13.6. The lowest BCUT2D eigenvalue weighted by atomic mass is 10.2. The summed E-state index contributed by atoms with van der Waals surface area (Å²) >= 11 is 4.74. The molecular weight excluding hydrogens is 378 g/mol. The van der Waals surface area contributed by atoms with Crippen molar-refractivity contribution in [1.82, 2.24) is 9.99 Å². The summed E-state index contributed by atoms with van der Waals surface area (Å²) in [5.74, 6) is 1.13. The van der Waals surface area contributed by atoms with Gasteiger partial charge in [0.05, 0.1) is 6.21 Å². The Kier molecular flexibility index (Phi) is 4.81. The number of hydrogen-bond acceptors (Lipinski definition) is 5. The fraction of sp³-hybridized carbons (Fsp3) is 0.105. The highest BCUT2D eigenvalue weighted by molar-refractivity contribution is 7.80. The molecule has 4 rings (SSSR count). The van der Waals surface area contributed by atoms with E-state index in [1.54, 1.807) is 24.4 Å². The van der Waals surface area contributed by atoms with Crippen molar-refractivity contribution < 1.29 is 14.3 Å². The minimum absolute atomic E-state index is 0.0862. The summed E-state index contributed by atoms with van der Waals surface area (Å²) in [5, 5.41) is 7.93. The third kappa shape index (κ3) is 3.74. The Balaban J connectivity index is 1.53. The van der Waals surface area contributed by atoms with Crippen LogP contribution in [0.3, 0.4) is 0 Å². The van der Waals surface area contributed by atoms with Crippen LogP contribution in [0, 0.1) is 0 Å². The summed E-state index contributed by atoms with van der Waals surface area (Å²) < 4.78 is 12.5. The molecule has 0 spiro atoms. The Bertz CT molecular complexity index is 1090. The van der Waals surface area contributed by atoms with Crippen LogP contribution in [0.1, 0.15) is 5.56 Å². The minimum atomic E-state index is -0.163. The number of hydrogen-bond donors (Lipinski definition) is 3. The number of thiocarbonyl (C=S) groups is 1. The normalized spacial score (nSPS) is 12.4. The summed E-state index contributed by atoms with van der Waals surface area (Å²) in [6.07, 6.45) is 3.47. The summed E-state index contributed by atoms with van der Waals surface area (Å²) in [4.78, 5) is 12.6. The second-order valence-corrected chi connectivity index (χ2v) is 6.52. The molecule has 2 aromatic carbocycles. The summed E-state index contributed by atoms with van der Waals surface area (Å²) in [6, 6.07) is 13.0. The van der Waals surface area contributed by atoms with Crippen LogP contribution in [-0.4, -0.2) is 28.6 Å². The van der Waals surface area contributed by atoms with E-state index >= 15 is 0 Å². The number of nitrogens with one attached hydrogen (secondary N) is 2. The number of anilines is 1. The van der Waals surface area contributed by atoms with Crippen molar-refractivity contribution in [3.05, 3.63) is 54.2 Å². The van der Waals surface area contributed by atoms with Gasteiger partial charge in [-0.2, -0.15) is 5.10 Å². The quantitative estimate of drug-likeness (QED) is 0.348. The van der Waals surface area contributed by atoms with Gasteiger partial charge < -0.3 is 25.1 Å². The van der Waals surface area contributed by atoms with E-state index in [0.717, 1.165) is 16.5 Å². The maximum Gasteiger partial charge on any atom is 0.244 e. The molecule has 0 saturated heterocycles. The molecule has 3 aromatic rings. The van der Waals surface area contributed by atoms with Gasteiger partial charge in [-0.15, -0.1) is 0 Å². The van der Waals surface area contributed by atoms with Crippen molar-refractivity contribution >= 4 is 46.0 Å². The second-order valence-electron chi connectivity index (χ2n) is 6.08. The van der Waals surface area contributed by atoms with Crippen molar-refractivity contribution in [3.63, 3.8) is 0 Å². The largest absolute Gasteiger partial charge is 0.454 e. The lowest BCUT2D eigenvalue weighted by molar-refractivity contribution is -0.116. The number of para-hydroxylation sites is 1. The van der Waals surface area contributed by atoms with Gasteiger partial charge in [0.1, 0.15) is 6.54 Å². The zero-order valence-electron chi connectivity index (χ0n) is 14.7. The van der Waals surface area contributed by atoms with Gasteiger partial charge in [-0.1, -0.05) is 18.2 Å². The Labute approximate surface area is 165 Å². The van der Waals surface area contributed by atoms with Crippen LogP contribution < -0.4 is 25.9 Å². The number of nitrogens with two attached hydrogens (primary N) is 1. The van der Waals surface area contributed by atoms with Crippen LogP contribution in [0.15, 0.2) is 53.8 Å². The topological polar surface area (TPSA) is 103 Å². The zero-order valence-corrected chi connectivity index (χ0v) is 15.5. The average molecular weight is 395 g/mol. The standard InChI is InChI=1S/C19H17N5O3S/c20-19(28)23-21-8-12-9-24(15-4-2-1-3-14(12)15)10-18(25)22-13-5-6-16-17(7-13)27-11-26-16/h1-9H,10-11H2,(H,22,25)(H3,20,23,28)/b21-8-. The molecule has 0 radical (unpaired) electrons. The molecule has 1 aliphatic rings. The molecule has 0 atom stereocenters. The highest BCUT2D eigenvalue weighted by Crippen LogP contribution is 2.34. The maximum absolute atomic E-state index is 12.6. The Morgan fingerprint density at radius 1 is 1.25 bits per heavy atom. The molecule has 9 heteroatoms. The predicted octanol–water partition coefficient (Wildman–Crippen LogP) is 2.18. The molecule has 8 nitrogen and oxygen atoms in total. The van der Waals surface area contributed by atoms with Crippen LogP contribution in [0.25, 0.3) is 10.9 Å². The molecule has 0 fully saturated rings. The monoisotopic (exact) mass is 395 g/mol. The summed E-state index contributed by atoms with van der Waals surface area (Å²) in [5.41, 5.74) is 10.3. The molecule has 1 aliphatic heterocycles. The van der Waals surface area contributed by atoms with E-state index in [0.29, 0.717) is 17.2 Å². The first-order valence-corrected chi connectivity index (χ1v) is 8.87. The number of nitrogens with zero attached hydrogens (tertiary/aromatic N) is 2. The van der Waals surface area contributed by atoms with Crippen molar-refractivity contribution in [2.75, 3.05) is 12.1 Å². The smallest absolute Gasteiger partial charge is 0.244 e. The van der Waals surface area contributed by atoms with Gasteiger partial charge in [-0.3, -0.25) is 10.2 Å². The first kappa shape index (κ1) is 17.8. The molecule has 0 aliphatic carbocycles. The molecule has 1 aromatic heterocycles. The lowest BCUT2D eigenvalue weighted by Gasteiger charge is -2.08. The van der Waals surface area contributed by atoms with Crippen LogP contribution in [0.5, 0.6) is 11.5 Å². The Morgan fingerprint density at radius 3 is 2.93 bits per heavy atom. The number of aromatic nitrogens is 1. The summed E-state index contributed by atoms with van der Waals surface area (Å²) in [6.45, 7) is 0.335. The van der Waals surface area contributed by atoms with Crippen molar-refractivity contribution in [2.45, 2.75) is 6.54 Å². The van der Waals surface area contributed by atoms with Gasteiger partial charge in [-0.05, 0) is 30.4 Å². The number of fused-ring (bicyclic) bond motifs is 2. The van der Waals surface area contributed by atoms with Crippen LogP contribution in [0.4, 0.5) is 5.69 Å². The van der Waals surface area contributed by atoms with E-state index in [-0.39, 0.29) is 24.4 Å². The number of rotatable bonds is 5. The maximum atomic E-state index is 12.6. The van der Waals surface area contributed by atoms with E-state index in [1.165, 1.54) is 0 Å². The van der Waals surface area contributed by atoms with E-state index in [2.05, 4.69) is 15.8 Å². The first-order valence-electron chi connectivity index (χ1n) is 8.46. The van der Waals surface area contributed by atoms with E-state index in [9.17, 15) is 4.79 Å². The number of carbonyl (C=O) groups is 1. The Morgan fingerprint density at radius 2 is 2.07 bits per heavy atom. The van der Waals surface area contributed by atoms with Gasteiger partial charge in [0.25, 0.3) is 0 Å². The molecule has 1 amide bonds. The molecule has 0 bridgehead atoms. The van der Waals surface area contributed by atoms with Gasteiger partial charge in [0, 0.05) is 34.4 Å². The minimum Gasteiger partial charge on any atom is -0.454 e. The highest BCUT2D eigenvalue weighted by atomic mass is 32.1. The van der Waals surface area contributed by atoms with Crippen LogP contribution in [0.2, 0.25) is 0 Å². The van der Waals surface area contributed by atoms with Crippen molar-refractivity contribution in [1.29, 1.82) is 0 Å². The third-order valence-electron chi connectivity index (χ3n) is 4.17. The molecule has 0 unspecified atom stereocenters. The number of carbonyl (C=O) groups excluding carboxylic acids is 1. The van der Waals surface area contributed by atoms with Gasteiger partial charge in [0.15, 0.2) is 16.6 Å². The van der Waals surface area contributed by atoms with Gasteiger partial charge in [0.2, 0.25) is 12.7 Å².